The second-order valence-corrected chi connectivity index (χ2v) is 3.27. The smallest absolute Gasteiger partial charge is 0.0773 e. The summed E-state index contributed by atoms with van der Waals surface area (Å²) in [6.45, 7) is 5.09. The average Bonchev–Trinajstić information content (AvgIpc) is 2.47. The summed E-state index contributed by atoms with van der Waals surface area (Å²) in [7, 11) is 0. The standard InChI is InChI=1S/C7H13N3OS/c1-3-11-4-6(8)7-5(2)9-10-12-7/h6H,3-4,8H2,1-2H3. The zero-order valence-electron chi connectivity index (χ0n) is 7.28. The van der Waals surface area contributed by atoms with Crippen LogP contribution in [0.15, 0.2) is 0 Å². The molecule has 0 amide bonds. The van der Waals surface area contributed by atoms with Crippen LogP contribution in [-0.4, -0.2) is 22.8 Å². The Morgan fingerprint density at radius 1 is 1.67 bits per heavy atom. The van der Waals surface area contributed by atoms with Crippen LogP contribution >= 0.6 is 11.5 Å². The molecule has 1 aromatic rings. The Bertz CT molecular complexity index is 238. The number of rotatable bonds is 4. The first-order valence-electron chi connectivity index (χ1n) is 3.88. The Balaban J connectivity index is 2.52. The number of aromatic nitrogens is 2. The molecule has 1 aromatic heterocycles. The third-order valence-electron chi connectivity index (χ3n) is 1.52. The Hall–Kier alpha value is -0.520. The van der Waals surface area contributed by atoms with Crippen LogP contribution in [0.1, 0.15) is 23.5 Å². The van der Waals surface area contributed by atoms with Crippen molar-refractivity contribution in [1.82, 2.24) is 9.59 Å². The SMILES string of the molecule is CCOCC(N)c1snnc1C. The Morgan fingerprint density at radius 3 is 2.92 bits per heavy atom. The molecule has 0 saturated heterocycles. The highest BCUT2D eigenvalue weighted by molar-refractivity contribution is 7.05. The van der Waals surface area contributed by atoms with Gasteiger partial charge in [-0.1, -0.05) is 4.49 Å². The summed E-state index contributed by atoms with van der Waals surface area (Å²) in [5, 5.41) is 3.88. The molecule has 1 heterocycles. The largest absolute Gasteiger partial charge is 0.380 e. The van der Waals surface area contributed by atoms with Gasteiger partial charge < -0.3 is 10.5 Å². The fourth-order valence-electron chi connectivity index (χ4n) is 0.897. The maximum atomic E-state index is 5.83. The minimum absolute atomic E-state index is 0.0788. The molecule has 0 saturated carbocycles. The molecular weight excluding hydrogens is 174 g/mol. The second-order valence-electron chi connectivity index (χ2n) is 2.49. The number of nitrogens with two attached hydrogens (primary N) is 1. The summed E-state index contributed by atoms with van der Waals surface area (Å²) in [6, 6.07) is -0.0788. The first kappa shape index (κ1) is 9.57. The van der Waals surface area contributed by atoms with Crippen molar-refractivity contribution in [3.05, 3.63) is 10.6 Å². The third kappa shape index (κ3) is 2.23. The van der Waals surface area contributed by atoms with Gasteiger partial charge >= 0.3 is 0 Å². The number of aryl methyl sites for hydroxylation is 1. The lowest BCUT2D eigenvalue weighted by atomic mass is 10.2. The summed E-state index contributed by atoms with van der Waals surface area (Å²) in [6.07, 6.45) is 0. The molecule has 2 N–H and O–H groups in total. The van der Waals surface area contributed by atoms with Gasteiger partial charge in [-0.15, -0.1) is 5.10 Å². The molecule has 1 rings (SSSR count). The van der Waals surface area contributed by atoms with Gasteiger partial charge in [0.05, 0.1) is 23.2 Å². The highest BCUT2D eigenvalue weighted by Gasteiger charge is 2.12. The minimum atomic E-state index is -0.0788. The van der Waals surface area contributed by atoms with Gasteiger partial charge in [0.15, 0.2) is 0 Å². The molecule has 0 aliphatic rings. The van der Waals surface area contributed by atoms with Crippen molar-refractivity contribution in [2.75, 3.05) is 13.2 Å². The van der Waals surface area contributed by atoms with E-state index in [2.05, 4.69) is 9.59 Å². The summed E-state index contributed by atoms with van der Waals surface area (Å²) in [5.41, 5.74) is 6.74. The fourth-order valence-corrected chi connectivity index (χ4v) is 1.53. The van der Waals surface area contributed by atoms with Crippen molar-refractivity contribution in [2.24, 2.45) is 5.73 Å². The molecule has 0 fully saturated rings. The van der Waals surface area contributed by atoms with Crippen molar-refractivity contribution in [2.45, 2.75) is 19.9 Å². The average molecular weight is 187 g/mol. The summed E-state index contributed by atoms with van der Waals surface area (Å²) >= 11 is 1.34. The second kappa shape index (κ2) is 4.49. The molecule has 0 aromatic carbocycles. The lowest BCUT2D eigenvalue weighted by Crippen LogP contribution is -2.16. The van der Waals surface area contributed by atoms with Crippen LogP contribution in [-0.2, 0) is 4.74 Å². The number of ether oxygens (including phenoxy) is 1. The zero-order chi connectivity index (χ0) is 8.97. The summed E-state index contributed by atoms with van der Waals surface area (Å²) < 4.78 is 9.01. The molecule has 0 aliphatic heterocycles. The van der Waals surface area contributed by atoms with E-state index in [1.54, 1.807) is 0 Å². The molecule has 1 atom stereocenters. The van der Waals surface area contributed by atoms with Gasteiger partial charge in [0.1, 0.15) is 0 Å². The van der Waals surface area contributed by atoms with Gasteiger partial charge in [0.2, 0.25) is 0 Å². The highest BCUT2D eigenvalue weighted by atomic mass is 32.1. The summed E-state index contributed by atoms with van der Waals surface area (Å²) in [4.78, 5) is 1.02. The van der Waals surface area contributed by atoms with E-state index < -0.39 is 0 Å². The third-order valence-corrected chi connectivity index (χ3v) is 2.48. The molecule has 0 aliphatic carbocycles. The van der Waals surface area contributed by atoms with Crippen LogP contribution in [0.25, 0.3) is 0 Å². The number of nitrogens with zero attached hydrogens (tertiary/aromatic N) is 2. The normalized spacial score (nSPS) is 13.2. The lowest BCUT2D eigenvalue weighted by molar-refractivity contribution is 0.134. The molecular formula is C7H13N3OS. The van der Waals surface area contributed by atoms with Gasteiger partial charge in [-0.05, 0) is 25.4 Å². The molecule has 12 heavy (non-hydrogen) atoms. The van der Waals surface area contributed by atoms with E-state index in [-0.39, 0.29) is 6.04 Å². The van der Waals surface area contributed by atoms with E-state index in [1.165, 1.54) is 11.5 Å². The molecule has 4 nitrogen and oxygen atoms in total. The molecule has 0 spiro atoms. The van der Waals surface area contributed by atoms with Gasteiger partial charge in [-0.25, -0.2) is 0 Å². The quantitative estimate of drug-likeness (QED) is 0.760. The Labute approximate surface area is 75.9 Å². The molecule has 68 valence electrons. The minimum Gasteiger partial charge on any atom is -0.380 e. The first-order chi connectivity index (χ1) is 5.75. The van der Waals surface area contributed by atoms with Crippen LogP contribution in [0, 0.1) is 6.92 Å². The van der Waals surface area contributed by atoms with Crippen molar-refractivity contribution in [1.29, 1.82) is 0 Å². The van der Waals surface area contributed by atoms with Gasteiger partial charge in [-0.3, -0.25) is 0 Å². The highest BCUT2D eigenvalue weighted by Crippen LogP contribution is 2.17. The maximum absolute atomic E-state index is 5.83. The fraction of sp³-hybridized carbons (Fsp3) is 0.714. The van der Waals surface area contributed by atoms with Crippen LogP contribution in [0.4, 0.5) is 0 Å². The van der Waals surface area contributed by atoms with Crippen LogP contribution in [0.3, 0.4) is 0 Å². The Morgan fingerprint density at radius 2 is 2.42 bits per heavy atom. The molecule has 0 bridgehead atoms. The monoisotopic (exact) mass is 187 g/mol. The van der Waals surface area contributed by atoms with Crippen molar-refractivity contribution >= 4 is 11.5 Å². The van der Waals surface area contributed by atoms with Crippen molar-refractivity contribution in [3.63, 3.8) is 0 Å². The van der Waals surface area contributed by atoms with E-state index in [0.29, 0.717) is 13.2 Å². The Kier molecular flexibility index (Phi) is 3.58. The number of hydrogen-bond acceptors (Lipinski definition) is 5. The van der Waals surface area contributed by atoms with Crippen molar-refractivity contribution < 1.29 is 4.74 Å². The summed E-state index contributed by atoms with van der Waals surface area (Å²) in [5.74, 6) is 0. The first-order valence-corrected chi connectivity index (χ1v) is 4.65. The molecule has 1 unspecified atom stereocenters. The van der Waals surface area contributed by atoms with Crippen LogP contribution < -0.4 is 5.73 Å². The van der Waals surface area contributed by atoms with E-state index in [1.807, 2.05) is 13.8 Å². The van der Waals surface area contributed by atoms with E-state index >= 15 is 0 Å². The molecule has 5 heteroatoms. The van der Waals surface area contributed by atoms with Crippen molar-refractivity contribution in [3.8, 4) is 0 Å². The van der Waals surface area contributed by atoms with Gasteiger partial charge in [0, 0.05) is 6.61 Å². The zero-order valence-corrected chi connectivity index (χ0v) is 8.10. The van der Waals surface area contributed by atoms with Gasteiger partial charge in [0.25, 0.3) is 0 Å². The van der Waals surface area contributed by atoms with Crippen LogP contribution in [0.2, 0.25) is 0 Å². The number of hydrogen-bond donors (Lipinski definition) is 1. The molecule has 0 radical (unpaired) electrons. The van der Waals surface area contributed by atoms with Crippen LogP contribution in [0.5, 0.6) is 0 Å². The lowest BCUT2D eigenvalue weighted by Gasteiger charge is -2.08. The van der Waals surface area contributed by atoms with E-state index in [4.69, 9.17) is 10.5 Å². The topological polar surface area (TPSA) is 61.0 Å². The maximum Gasteiger partial charge on any atom is 0.0773 e. The van der Waals surface area contributed by atoms with E-state index in [0.717, 1.165) is 10.6 Å². The predicted molar refractivity (Wildman–Crippen MR) is 48.1 cm³/mol. The van der Waals surface area contributed by atoms with Gasteiger partial charge in [-0.2, -0.15) is 0 Å². The predicted octanol–water partition coefficient (Wildman–Crippen LogP) is 0.883. The van der Waals surface area contributed by atoms with E-state index in [9.17, 15) is 0 Å².